The molecule has 1 fully saturated rings. The number of nitrogens with zero attached hydrogens (tertiary/aromatic N) is 3. The van der Waals surface area contributed by atoms with Gasteiger partial charge in [-0.25, -0.2) is 5.01 Å². The number of hydrazone groups is 1. The third-order valence-corrected chi connectivity index (χ3v) is 6.47. The highest BCUT2D eigenvalue weighted by atomic mass is 16.5. The lowest BCUT2D eigenvalue weighted by Crippen LogP contribution is -2.59. The Balaban J connectivity index is 1.51. The van der Waals surface area contributed by atoms with Crippen molar-refractivity contribution in [3.8, 4) is 5.75 Å². The monoisotopic (exact) mass is 375 g/mol. The molecular formula is C24H29N3O. The van der Waals surface area contributed by atoms with Crippen molar-refractivity contribution in [2.45, 2.75) is 51.3 Å². The summed E-state index contributed by atoms with van der Waals surface area (Å²) < 4.78 is 6.70. The van der Waals surface area contributed by atoms with E-state index in [4.69, 9.17) is 9.84 Å². The van der Waals surface area contributed by atoms with Crippen molar-refractivity contribution in [2.75, 3.05) is 19.6 Å². The quantitative estimate of drug-likeness (QED) is 0.776. The molecule has 0 N–H and O–H groups in total. The van der Waals surface area contributed by atoms with Crippen molar-refractivity contribution in [3.05, 3.63) is 65.2 Å². The van der Waals surface area contributed by atoms with Gasteiger partial charge in [0.15, 0.2) is 0 Å². The molecule has 3 heterocycles. The van der Waals surface area contributed by atoms with Crippen molar-refractivity contribution in [1.29, 1.82) is 0 Å². The van der Waals surface area contributed by atoms with Gasteiger partial charge in [-0.05, 0) is 31.5 Å². The zero-order valence-electron chi connectivity index (χ0n) is 16.9. The van der Waals surface area contributed by atoms with E-state index < -0.39 is 0 Å². The molecule has 1 spiro atoms. The Morgan fingerprint density at radius 3 is 2.57 bits per heavy atom. The van der Waals surface area contributed by atoms with Crippen LogP contribution < -0.4 is 4.74 Å². The third-order valence-electron chi connectivity index (χ3n) is 6.47. The van der Waals surface area contributed by atoms with Gasteiger partial charge in [-0.2, -0.15) is 5.10 Å². The number of hydrogen-bond acceptors (Lipinski definition) is 4. The van der Waals surface area contributed by atoms with Crippen LogP contribution in [-0.2, 0) is 0 Å². The summed E-state index contributed by atoms with van der Waals surface area (Å²) in [5, 5.41) is 7.48. The molecule has 3 aliphatic heterocycles. The van der Waals surface area contributed by atoms with Gasteiger partial charge in [0, 0.05) is 37.9 Å². The Hall–Kier alpha value is -2.33. The lowest BCUT2D eigenvalue weighted by atomic mass is 9.90. The van der Waals surface area contributed by atoms with E-state index in [1.54, 1.807) is 0 Å². The predicted octanol–water partition coefficient (Wildman–Crippen LogP) is 4.74. The largest absolute Gasteiger partial charge is 0.466 e. The third kappa shape index (κ3) is 2.91. The zero-order chi connectivity index (χ0) is 19.1. The number of piperidine rings is 1. The van der Waals surface area contributed by atoms with E-state index in [1.165, 1.54) is 35.4 Å². The van der Waals surface area contributed by atoms with Gasteiger partial charge in [-0.1, -0.05) is 55.0 Å². The summed E-state index contributed by atoms with van der Waals surface area (Å²) >= 11 is 0. The maximum absolute atomic E-state index is 6.70. The second-order valence-corrected chi connectivity index (χ2v) is 8.40. The van der Waals surface area contributed by atoms with Crippen LogP contribution in [0.1, 0.15) is 55.3 Å². The molecule has 0 amide bonds. The van der Waals surface area contributed by atoms with E-state index in [1.807, 2.05) is 0 Å². The Morgan fingerprint density at radius 1 is 1.07 bits per heavy atom. The smallest absolute Gasteiger partial charge is 0.200 e. The first-order valence-electron chi connectivity index (χ1n) is 10.6. The first kappa shape index (κ1) is 17.7. The van der Waals surface area contributed by atoms with Gasteiger partial charge >= 0.3 is 0 Å². The second-order valence-electron chi connectivity index (χ2n) is 8.40. The van der Waals surface area contributed by atoms with Crippen LogP contribution >= 0.6 is 0 Å². The fourth-order valence-corrected chi connectivity index (χ4v) is 4.92. The van der Waals surface area contributed by atoms with Crippen molar-refractivity contribution in [3.63, 3.8) is 0 Å². The van der Waals surface area contributed by atoms with Crippen LogP contribution in [0.2, 0.25) is 0 Å². The average molecular weight is 376 g/mol. The number of likely N-dealkylation sites (tertiary alicyclic amines) is 1. The maximum Gasteiger partial charge on any atom is 0.200 e. The maximum atomic E-state index is 6.70. The summed E-state index contributed by atoms with van der Waals surface area (Å²) in [6, 6.07) is 17.6. The number of fused-ring (bicyclic) bond motifs is 4. The van der Waals surface area contributed by atoms with Gasteiger partial charge in [0.1, 0.15) is 5.75 Å². The number of para-hydroxylation sites is 1. The van der Waals surface area contributed by atoms with E-state index in [0.717, 1.165) is 38.1 Å². The molecule has 1 unspecified atom stereocenters. The Morgan fingerprint density at radius 2 is 1.82 bits per heavy atom. The summed E-state index contributed by atoms with van der Waals surface area (Å²) in [5.74, 6) is 1.05. The van der Waals surface area contributed by atoms with Crippen LogP contribution in [0.3, 0.4) is 0 Å². The predicted molar refractivity (Wildman–Crippen MR) is 113 cm³/mol. The molecule has 2 aromatic rings. The molecule has 0 bridgehead atoms. The fourth-order valence-electron chi connectivity index (χ4n) is 4.92. The molecule has 1 atom stereocenters. The molecule has 3 aliphatic rings. The highest BCUT2D eigenvalue weighted by molar-refractivity contribution is 6.02. The highest BCUT2D eigenvalue weighted by Gasteiger charge is 2.51. The highest BCUT2D eigenvalue weighted by Crippen LogP contribution is 2.49. The Labute approximate surface area is 167 Å². The SMILES string of the molecule is CCCN1CCC2(CC1)Oc1ccccc1C1CC(c3ccc(C)cc3)=NN12. The summed E-state index contributed by atoms with van der Waals surface area (Å²) in [6.07, 6.45) is 4.16. The van der Waals surface area contributed by atoms with E-state index in [2.05, 4.69) is 72.3 Å². The van der Waals surface area contributed by atoms with E-state index >= 15 is 0 Å². The van der Waals surface area contributed by atoms with Crippen LogP contribution in [0, 0.1) is 6.92 Å². The van der Waals surface area contributed by atoms with E-state index in [-0.39, 0.29) is 11.8 Å². The number of rotatable bonds is 3. The van der Waals surface area contributed by atoms with Gasteiger partial charge < -0.3 is 9.64 Å². The number of hydrogen-bond donors (Lipinski definition) is 0. The lowest BCUT2D eigenvalue weighted by Gasteiger charge is -2.51. The molecule has 0 radical (unpaired) electrons. The molecule has 4 heteroatoms. The van der Waals surface area contributed by atoms with Crippen molar-refractivity contribution >= 4 is 5.71 Å². The van der Waals surface area contributed by atoms with Crippen LogP contribution in [0.5, 0.6) is 5.75 Å². The summed E-state index contributed by atoms with van der Waals surface area (Å²) in [5.41, 5.74) is 4.66. The van der Waals surface area contributed by atoms with E-state index in [0.29, 0.717) is 0 Å². The number of ether oxygens (including phenoxy) is 1. The van der Waals surface area contributed by atoms with Crippen molar-refractivity contribution in [1.82, 2.24) is 9.91 Å². The molecule has 4 nitrogen and oxygen atoms in total. The zero-order valence-corrected chi connectivity index (χ0v) is 16.9. The minimum atomic E-state index is -0.310. The minimum absolute atomic E-state index is 0.277. The Kier molecular flexibility index (Phi) is 4.39. The molecule has 146 valence electrons. The van der Waals surface area contributed by atoms with E-state index in [9.17, 15) is 0 Å². The Bertz CT molecular complexity index is 881. The molecule has 28 heavy (non-hydrogen) atoms. The standard InChI is InChI=1S/C24H29N3O/c1-3-14-26-15-12-24(13-16-26)27-22(20-6-4-5-7-23(20)28-24)17-21(25-27)19-10-8-18(2)9-11-19/h4-11,22H,3,12-17H2,1-2H3. The lowest BCUT2D eigenvalue weighted by molar-refractivity contribution is -0.149. The van der Waals surface area contributed by atoms with Crippen LogP contribution in [0.25, 0.3) is 0 Å². The van der Waals surface area contributed by atoms with Gasteiger partial charge in [0.05, 0.1) is 11.8 Å². The average Bonchev–Trinajstić information content (AvgIpc) is 3.17. The molecule has 0 aliphatic carbocycles. The summed E-state index contributed by atoms with van der Waals surface area (Å²) in [6.45, 7) is 7.72. The van der Waals surface area contributed by atoms with Crippen LogP contribution in [0.15, 0.2) is 53.6 Å². The van der Waals surface area contributed by atoms with Crippen LogP contribution in [-0.4, -0.2) is 41.0 Å². The summed E-state index contributed by atoms with van der Waals surface area (Å²) in [7, 11) is 0. The van der Waals surface area contributed by atoms with Gasteiger partial charge in [-0.15, -0.1) is 0 Å². The molecule has 0 saturated carbocycles. The normalized spacial score (nSPS) is 23.1. The molecular weight excluding hydrogens is 346 g/mol. The second kappa shape index (κ2) is 6.93. The minimum Gasteiger partial charge on any atom is -0.466 e. The van der Waals surface area contributed by atoms with Gasteiger partial charge in [-0.3, -0.25) is 0 Å². The molecule has 0 aromatic heterocycles. The summed E-state index contributed by atoms with van der Waals surface area (Å²) in [4.78, 5) is 2.56. The molecule has 5 rings (SSSR count). The van der Waals surface area contributed by atoms with Gasteiger partial charge in [0.25, 0.3) is 0 Å². The topological polar surface area (TPSA) is 28.1 Å². The first-order valence-corrected chi connectivity index (χ1v) is 10.6. The number of benzene rings is 2. The van der Waals surface area contributed by atoms with Gasteiger partial charge in [0.2, 0.25) is 5.72 Å². The first-order chi connectivity index (χ1) is 13.7. The molecule has 1 saturated heterocycles. The van der Waals surface area contributed by atoms with Crippen molar-refractivity contribution in [2.24, 2.45) is 5.10 Å². The fraction of sp³-hybridized carbons (Fsp3) is 0.458. The number of aryl methyl sites for hydroxylation is 1. The van der Waals surface area contributed by atoms with Crippen molar-refractivity contribution < 1.29 is 4.74 Å². The van der Waals surface area contributed by atoms with Crippen LogP contribution in [0.4, 0.5) is 0 Å². The molecule has 2 aromatic carbocycles.